The van der Waals surface area contributed by atoms with Crippen molar-refractivity contribution in [3.8, 4) is 6.07 Å². The van der Waals surface area contributed by atoms with Gasteiger partial charge in [-0.2, -0.15) is 5.26 Å². The Bertz CT molecular complexity index is 652. The summed E-state index contributed by atoms with van der Waals surface area (Å²) >= 11 is 1.56. The average molecular weight is 345 g/mol. The molecular weight excluding hydrogens is 326 g/mol. The van der Waals surface area contributed by atoms with Crippen LogP contribution in [0.1, 0.15) is 18.4 Å². The molecule has 0 spiro atoms. The van der Waals surface area contributed by atoms with Gasteiger partial charge in [0.1, 0.15) is 12.6 Å². The van der Waals surface area contributed by atoms with Gasteiger partial charge in [0, 0.05) is 11.4 Å². The zero-order valence-electron chi connectivity index (χ0n) is 13.2. The first kappa shape index (κ1) is 16.8. The minimum absolute atomic E-state index is 0.0394. The Labute approximate surface area is 145 Å². The Balaban J connectivity index is 1.53. The number of hydrogen-bond donors (Lipinski definition) is 1. The maximum atomic E-state index is 12.5. The van der Waals surface area contributed by atoms with Crippen molar-refractivity contribution in [2.75, 3.05) is 30.2 Å². The van der Waals surface area contributed by atoms with E-state index >= 15 is 0 Å². The fraction of sp³-hybridized carbons (Fsp3) is 0.471. The minimum Gasteiger partial charge on any atom is -0.371 e. The molecule has 1 aromatic rings. The quantitative estimate of drug-likeness (QED) is 0.850. The highest BCUT2D eigenvalue weighted by Gasteiger charge is 2.34. The number of carbonyl (C=O) groups excluding carboxylic acids is 2. The van der Waals surface area contributed by atoms with Crippen LogP contribution in [0.5, 0.6) is 0 Å². The maximum absolute atomic E-state index is 12.5. The van der Waals surface area contributed by atoms with E-state index in [1.54, 1.807) is 40.9 Å². The summed E-state index contributed by atoms with van der Waals surface area (Å²) in [6.07, 6.45) is 2.37. The van der Waals surface area contributed by atoms with Gasteiger partial charge in [0.05, 0.1) is 24.1 Å². The minimum atomic E-state index is -0.484. The van der Waals surface area contributed by atoms with Gasteiger partial charge in [-0.15, -0.1) is 11.8 Å². The summed E-state index contributed by atoms with van der Waals surface area (Å²) in [7, 11) is 0. The molecule has 1 atom stereocenters. The summed E-state index contributed by atoms with van der Waals surface area (Å²) in [5, 5.41) is 11.6. The lowest BCUT2D eigenvalue weighted by atomic mass is 10.2. The Morgan fingerprint density at radius 2 is 2.08 bits per heavy atom. The molecule has 1 N–H and O–H groups in total. The maximum Gasteiger partial charge on any atom is 0.249 e. The molecule has 2 amide bonds. The smallest absolute Gasteiger partial charge is 0.249 e. The third kappa shape index (κ3) is 4.28. The Morgan fingerprint density at radius 1 is 1.33 bits per heavy atom. The van der Waals surface area contributed by atoms with E-state index in [0.717, 1.165) is 0 Å². The molecule has 0 bridgehead atoms. The van der Waals surface area contributed by atoms with Gasteiger partial charge in [-0.3, -0.25) is 9.59 Å². The monoisotopic (exact) mass is 345 g/mol. The summed E-state index contributed by atoms with van der Waals surface area (Å²) in [6, 6.07) is 8.21. The van der Waals surface area contributed by atoms with Gasteiger partial charge in [-0.1, -0.05) is 0 Å². The molecule has 0 unspecified atom stereocenters. The largest absolute Gasteiger partial charge is 0.371 e. The molecule has 1 aromatic carbocycles. The molecule has 6 nitrogen and oxygen atoms in total. The molecule has 1 aliphatic carbocycles. The number of nitriles is 1. The van der Waals surface area contributed by atoms with Crippen molar-refractivity contribution in [1.29, 1.82) is 5.26 Å². The predicted molar refractivity (Wildman–Crippen MR) is 91.3 cm³/mol. The van der Waals surface area contributed by atoms with E-state index in [4.69, 9.17) is 10.00 Å². The third-order valence-corrected chi connectivity index (χ3v) is 5.08. The molecule has 3 rings (SSSR count). The number of thioether (sulfide) groups is 1. The highest BCUT2D eigenvalue weighted by molar-refractivity contribution is 7.99. The van der Waals surface area contributed by atoms with Crippen LogP contribution in [-0.2, 0) is 14.3 Å². The van der Waals surface area contributed by atoms with Crippen LogP contribution in [0.25, 0.3) is 0 Å². The van der Waals surface area contributed by atoms with Crippen molar-refractivity contribution >= 4 is 29.3 Å². The van der Waals surface area contributed by atoms with Crippen molar-refractivity contribution in [1.82, 2.24) is 4.90 Å². The third-order valence-electron chi connectivity index (χ3n) is 4.06. The molecule has 1 saturated heterocycles. The second-order valence-corrected chi connectivity index (χ2v) is 7.02. The molecule has 1 aliphatic heterocycles. The Morgan fingerprint density at radius 3 is 2.75 bits per heavy atom. The summed E-state index contributed by atoms with van der Waals surface area (Å²) in [4.78, 5) is 26.3. The lowest BCUT2D eigenvalue weighted by Gasteiger charge is -2.23. The predicted octanol–water partition coefficient (Wildman–Crippen LogP) is 1.82. The second-order valence-electron chi connectivity index (χ2n) is 6.02. The normalized spacial score (nSPS) is 19.8. The van der Waals surface area contributed by atoms with Gasteiger partial charge in [0.15, 0.2) is 0 Å². The fourth-order valence-electron chi connectivity index (χ4n) is 2.44. The lowest BCUT2D eigenvalue weighted by molar-refractivity contribution is -0.140. The van der Waals surface area contributed by atoms with Crippen LogP contribution in [0.15, 0.2) is 24.3 Å². The number of amides is 2. The van der Waals surface area contributed by atoms with E-state index in [1.807, 2.05) is 6.07 Å². The molecule has 0 radical (unpaired) electrons. The van der Waals surface area contributed by atoms with Crippen LogP contribution in [0.2, 0.25) is 0 Å². The Kier molecular flexibility index (Phi) is 5.38. The summed E-state index contributed by atoms with van der Waals surface area (Å²) in [5.41, 5.74) is 1.15. The van der Waals surface area contributed by atoms with E-state index in [2.05, 4.69) is 5.32 Å². The van der Waals surface area contributed by atoms with Gasteiger partial charge in [0.2, 0.25) is 11.8 Å². The van der Waals surface area contributed by atoms with E-state index in [1.165, 1.54) is 12.8 Å². The van der Waals surface area contributed by atoms with Crippen molar-refractivity contribution in [2.45, 2.75) is 18.9 Å². The van der Waals surface area contributed by atoms with E-state index < -0.39 is 6.04 Å². The molecule has 1 saturated carbocycles. The van der Waals surface area contributed by atoms with E-state index in [-0.39, 0.29) is 18.4 Å². The Hall–Kier alpha value is -2.04. The summed E-state index contributed by atoms with van der Waals surface area (Å²) in [6.45, 7) is 0.673. The number of rotatable bonds is 6. The average Bonchev–Trinajstić information content (AvgIpc) is 3.28. The first-order valence-electron chi connectivity index (χ1n) is 7.93. The SMILES string of the molecule is N#Cc1ccc(NC(=O)[C@@H]2CSCN2C(=O)COCC2CC2)cc1. The van der Waals surface area contributed by atoms with Gasteiger partial charge >= 0.3 is 0 Å². The molecule has 24 heavy (non-hydrogen) atoms. The summed E-state index contributed by atoms with van der Waals surface area (Å²) < 4.78 is 5.44. The molecule has 2 fully saturated rings. The van der Waals surface area contributed by atoms with Crippen LogP contribution in [0, 0.1) is 17.2 Å². The van der Waals surface area contributed by atoms with Crippen molar-refractivity contribution in [3.63, 3.8) is 0 Å². The van der Waals surface area contributed by atoms with Crippen LogP contribution in [0.3, 0.4) is 0 Å². The van der Waals surface area contributed by atoms with Crippen molar-refractivity contribution in [3.05, 3.63) is 29.8 Å². The number of hydrogen-bond acceptors (Lipinski definition) is 5. The number of nitrogens with one attached hydrogen (secondary N) is 1. The lowest BCUT2D eigenvalue weighted by Crippen LogP contribution is -2.45. The number of benzene rings is 1. The molecule has 1 heterocycles. The first-order chi connectivity index (χ1) is 11.7. The van der Waals surface area contributed by atoms with E-state index in [9.17, 15) is 9.59 Å². The number of ether oxygens (including phenoxy) is 1. The second kappa shape index (κ2) is 7.69. The summed E-state index contributed by atoms with van der Waals surface area (Å²) in [5.74, 6) is 1.36. The fourth-order valence-corrected chi connectivity index (χ4v) is 3.62. The van der Waals surface area contributed by atoms with Crippen LogP contribution >= 0.6 is 11.8 Å². The number of carbonyl (C=O) groups is 2. The number of nitrogens with zero attached hydrogens (tertiary/aromatic N) is 2. The van der Waals surface area contributed by atoms with Crippen molar-refractivity contribution < 1.29 is 14.3 Å². The van der Waals surface area contributed by atoms with Crippen LogP contribution in [-0.4, -0.2) is 47.6 Å². The van der Waals surface area contributed by atoms with Gasteiger partial charge in [-0.05, 0) is 43.0 Å². The standard InChI is InChI=1S/C17H19N3O3S/c18-7-12-3-5-14(6-4-12)19-17(22)15-10-24-11-20(15)16(21)9-23-8-13-1-2-13/h3-6,13,15H,1-2,8-11H2,(H,19,22)/t15-/m0/s1. The highest BCUT2D eigenvalue weighted by Crippen LogP contribution is 2.29. The molecule has 126 valence electrons. The van der Waals surface area contributed by atoms with Gasteiger partial charge < -0.3 is 15.0 Å². The number of anilines is 1. The molecule has 7 heteroatoms. The van der Waals surface area contributed by atoms with E-state index in [0.29, 0.717) is 35.4 Å². The van der Waals surface area contributed by atoms with Crippen LogP contribution in [0.4, 0.5) is 5.69 Å². The molecular formula is C17H19N3O3S. The zero-order valence-corrected chi connectivity index (χ0v) is 14.1. The topological polar surface area (TPSA) is 82.4 Å². The van der Waals surface area contributed by atoms with Gasteiger partial charge in [-0.25, -0.2) is 0 Å². The first-order valence-corrected chi connectivity index (χ1v) is 9.09. The van der Waals surface area contributed by atoms with Crippen LogP contribution < -0.4 is 5.32 Å². The molecule has 0 aromatic heterocycles. The van der Waals surface area contributed by atoms with Gasteiger partial charge in [0.25, 0.3) is 0 Å². The highest BCUT2D eigenvalue weighted by atomic mass is 32.2. The zero-order chi connectivity index (χ0) is 16.9. The molecule has 2 aliphatic rings. The van der Waals surface area contributed by atoms with Crippen molar-refractivity contribution in [2.24, 2.45) is 5.92 Å².